The van der Waals surface area contributed by atoms with Crippen molar-refractivity contribution in [2.75, 3.05) is 19.9 Å². The third-order valence-electron chi connectivity index (χ3n) is 2.46. The summed E-state index contributed by atoms with van der Waals surface area (Å²) in [7, 11) is 3.20. The largest absolute Gasteiger partial charge is 0.496 e. The standard InChI is InChI=1S/C13H17NO3S/c1-9(15)10-4-5-12(17-3)11(6-10)7-18-8-13(16)14-2/h4-6H,7-8H2,1-3H3,(H,14,16). The van der Waals surface area contributed by atoms with E-state index in [1.807, 2.05) is 6.07 Å². The van der Waals surface area contributed by atoms with E-state index in [-0.39, 0.29) is 11.7 Å². The van der Waals surface area contributed by atoms with Gasteiger partial charge in [-0.2, -0.15) is 0 Å². The third kappa shape index (κ3) is 4.07. The van der Waals surface area contributed by atoms with E-state index in [0.29, 0.717) is 17.1 Å². The summed E-state index contributed by atoms with van der Waals surface area (Å²) in [5.41, 5.74) is 1.59. The van der Waals surface area contributed by atoms with Crippen molar-refractivity contribution in [3.63, 3.8) is 0 Å². The zero-order valence-electron chi connectivity index (χ0n) is 10.8. The summed E-state index contributed by atoms with van der Waals surface area (Å²) in [4.78, 5) is 22.4. The highest BCUT2D eigenvalue weighted by molar-refractivity contribution is 7.99. The summed E-state index contributed by atoms with van der Waals surface area (Å²) >= 11 is 1.49. The molecule has 1 rings (SSSR count). The van der Waals surface area contributed by atoms with E-state index < -0.39 is 0 Å². The van der Waals surface area contributed by atoms with Crippen molar-refractivity contribution in [1.29, 1.82) is 0 Å². The molecule has 1 N–H and O–H groups in total. The number of methoxy groups -OCH3 is 1. The lowest BCUT2D eigenvalue weighted by Crippen LogP contribution is -2.19. The van der Waals surface area contributed by atoms with Gasteiger partial charge in [-0.3, -0.25) is 9.59 Å². The number of rotatable bonds is 6. The Kier molecular flexibility index (Phi) is 5.71. The average Bonchev–Trinajstić information content (AvgIpc) is 2.38. The first kappa shape index (κ1) is 14.6. The highest BCUT2D eigenvalue weighted by Gasteiger charge is 2.08. The van der Waals surface area contributed by atoms with E-state index in [0.717, 1.165) is 11.3 Å². The SMILES string of the molecule is CNC(=O)CSCc1cc(C(C)=O)ccc1OC. The Balaban J connectivity index is 2.75. The van der Waals surface area contributed by atoms with Crippen molar-refractivity contribution in [2.24, 2.45) is 0 Å². The fourth-order valence-electron chi connectivity index (χ4n) is 1.44. The molecule has 0 atom stereocenters. The number of nitrogens with one attached hydrogen (secondary N) is 1. The summed E-state index contributed by atoms with van der Waals surface area (Å²) in [6.07, 6.45) is 0. The molecule has 0 aliphatic heterocycles. The van der Waals surface area contributed by atoms with E-state index >= 15 is 0 Å². The number of hydrogen-bond donors (Lipinski definition) is 1. The van der Waals surface area contributed by atoms with Gasteiger partial charge in [-0.15, -0.1) is 11.8 Å². The van der Waals surface area contributed by atoms with Crippen molar-refractivity contribution in [2.45, 2.75) is 12.7 Å². The Morgan fingerprint density at radius 2 is 2.11 bits per heavy atom. The maximum Gasteiger partial charge on any atom is 0.229 e. The third-order valence-corrected chi connectivity index (χ3v) is 3.44. The Morgan fingerprint density at radius 1 is 1.39 bits per heavy atom. The van der Waals surface area contributed by atoms with Gasteiger partial charge in [0.05, 0.1) is 12.9 Å². The van der Waals surface area contributed by atoms with Crippen molar-refractivity contribution in [1.82, 2.24) is 5.32 Å². The molecule has 0 aliphatic carbocycles. The average molecular weight is 267 g/mol. The molecule has 0 aliphatic rings. The van der Waals surface area contributed by atoms with Crippen molar-refractivity contribution < 1.29 is 14.3 Å². The molecule has 18 heavy (non-hydrogen) atoms. The molecule has 0 saturated carbocycles. The number of ketones is 1. The van der Waals surface area contributed by atoms with Gasteiger partial charge < -0.3 is 10.1 Å². The number of Topliss-reactive ketones (excluding diaryl/α,β-unsaturated/α-hetero) is 1. The van der Waals surface area contributed by atoms with E-state index in [1.165, 1.54) is 18.7 Å². The topological polar surface area (TPSA) is 55.4 Å². The Bertz CT molecular complexity index is 446. The fourth-order valence-corrected chi connectivity index (χ4v) is 2.31. The maximum absolute atomic E-state index is 11.3. The minimum atomic E-state index is -0.0123. The summed E-state index contributed by atoms with van der Waals surface area (Å²) < 4.78 is 5.24. The molecule has 1 aromatic rings. The zero-order valence-corrected chi connectivity index (χ0v) is 11.6. The van der Waals surface area contributed by atoms with Gasteiger partial charge in [-0.1, -0.05) is 0 Å². The summed E-state index contributed by atoms with van der Waals surface area (Å²) in [5.74, 6) is 1.78. The van der Waals surface area contributed by atoms with Crippen LogP contribution in [-0.4, -0.2) is 31.6 Å². The molecule has 0 bridgehead atoms. The summed E-state index contributed by atoms with van der Waals surface area (Å²) in [6, 6.07) is 5.35. The number of amides is 1. The molecule has 5 heteroatoms. The molecule has 0 unspecified atom stereocenters. The van der Waals surface area contributed by atoms with E-state index in [9.17, 15) is 9.59 Å². The first-order valence-corrected chi connectivity index (χ1v) is 6.70. The second-order valence-electron chi connectivity index (χ2n) is 3.75. The lowest BCUT2D eigenvalue weighted by atomic mass is 10.1. The maximum atomic E-state index is 11.3. The van der Waals surface area contributed by atoms with Crippen LogP contribution in [0.1, 0.15) is 22.8 Å². The van der Waals surface area contributed by atoms with Gasteiger partial charge in [0.1, 0.15) is 5.75 Å². The van der Waals surface area contributed by atoms with E-state index in [4.69, 9.17) is 4.74 Å². The van der Waals surface area contributed by atoms with Crippen LogP contribution in [0.3, 0.4) is 0 Å². The summed E-state index contributed by atoms with van der Waals surface area (Å²) in [5, 5.41) is 2.56. The minimum Gasteiger partial charge on any atom is -0.496 e. The van der Waals surface area contributed by atoms with Crippen molar-refractivity contribution >= 4 is 23.5 Å². The highest BCUT2D eigenvalue weighted by Crippen LogP contribution is 2.24. The molecular weight excluding hydrogens is 250 g/mol. The number of thioether (sulfide) groups is 1. The molecule has 0 spiro atoms. The number of carbonyl (C=O) groups is 2. The molecule has 4 nitrogen and oxygen atoms in total. The van der Waals surface area contributed by atoms with E-state index in [2.05, 4.69) is 5.32 Å². The minimum absolute atomic E-state index is 0.0123. The van der Waals surface area contributed by atoms with Crippen LogP contribution >= 0.6 is 11.8 Å². The van der Waals surface area contributed by atoms with Gasteiger partial charge >= 0.3 is 0 Å². The monoisotopic (exact) mass is 267 g/mol. The van der Waals surface area contributed by atoms with Gasteiger partial charge in [0, 0.05) is 23.9 Å². The van der Waals surface area contributed by atoms with Crippen LogP contribution < -0.4 is 10.1 Å². The Morgan fingerprint density at radius 3 is 2.67 bits per heavy atom. The Labute approximate surface area is 111 Å². The van der Waals surface area contributed by atoms with Crippen molar-refractivity contribution in [3.05, 3.63) is 29.3 Å². The molecular formula is C13H17NO3S. The fraction of sp³-hybridized carbons (Fsp3) is 0.385. The van der Waals surface area contributed by atoms with Crippen molar-refractivity contribution in [3.8, 4) is 5.75 Å². The van der Waals surface area contributed by atoms with Crippen LogP contribution in [0.4, 0.5) is 0 Å². The molecule has 1 aromatic carbocycles. The number of benzene rings is 1. The number of ether oxygens (including phenoxy) is 1. The summed E-state index contributed by atoms with van der Waals surface area (Å²) in [6.45, 7) is 1.53. The molecule has 0 heterocycles. The molecule has 0 saturated heterocycles. The Hall–Kier alpha value is -1.49. The first-order valence-electron chi connectivity index (χ1n) is 5.54. The van der Waals surface area contributed by atoms with Gasteiger partial charge in [0.25, 0.3) is 0 Å². The predicted octanol–water partition coefficient (Wildman–Crippen LogP) is 1.88. The van der Waals surface area contributed by atoms with Crippen LogP contribution in [-0.2, 0) is 10.5 Å². The quantitative estimate of drug-likeness (QED) is 0.800. The first-order chi connectivity index (χ1) is 8.58. The van der Waals surface area contributed by atoms with Crippen LogP contribution in [0.15, 0.2) is 18.2 Å². The number of carbonyl (C=O) groups excluding carboxylic acids is 2. The highest BCUT2D eigenvalue weighted by atomic mass is 32.2. The lowest BCUT2D eigenvalue weighted by Gasteiger charge is -2.09. The zero-order chi connectivity index (χ0) is 13.5. The van der Waals surface area contributed by atoms with Gasteiger partial charge in [0.15, 0.2) is 5.78 Å². The second kappa shape index (κ2) is 7.06. The van der Waals surface area contributed by atoms with E-state index in [1.54, 1.807) is 26.3 Å². The lowest BCUT2D eigenvalue weighted by molar-refractivity contribution is -0.118. The smallest absolute Gasteiger partial charge is 0.229 e. The normalized spacial score (nSPS) is 9.94. The number of hydrogen-bond acceptors (Lipinski definition) is 4. The van der Waals surface area contributed by atoms with Gasteiger partial charge in [-0.25, -0.2) is 0 Å². The van der Waals surface area contributed by atoms with Crippen LogP contribution in [0.5, 0.6) is 5.75 Å². The molecule has 0 fully saturated rings. The predicted molar refractivity (Wildman–Crippen MR) is 73.2 cm³/mol. The van der Waals surface area contributed by atoms with Crippen LogP contribution in [0.25, 0.3) is 0 Å². The molecule has 98 valence electrons. The van der Waals surface area contributed by atoms with Crippen LogP contribution in [0.2, 0.25) is 0 Å². The molecule has 0 aromatic heterocycles. The van der Waals surface area contributed by atoms with Gasteiger partial charge in [-0.05, 0) is 25.1 Å². The molecule has 1 amide bonds. The van der Waals surface area contributed by atoms with Crippen LogP contribution in [0, 0.1) is 0 Å². The molecule has 0 radical (unpaired) electrons. The second-order valence-corrected chi connectivity index (χ2v) is 4.73. The van der Waals surface area contributed by atoms with Gasteiger partial charge in [0.2, 0.25) is 5.91 Å².